The summed E-state index contributed by atoms with van der Waals surface area (Å²) in [4.78, 5) is 27.7. The summed E-state index contributed by atoms with van der Waals surface area (Å²) in [6.45, 7) is 1.69. The zero-order chi connectivity index (χ0) is 14.7. The average molecular weight is 282 g/mol. The van der Waals surface area contributed by atoms with Crippen molar-refractivity contribution in [2.75, 3.05) is 27.2 Å². The summed E-state index contributed by atoms with van der Waals surface area (Å²) in [6, 6.07) is 0.461. The lowest BCUT2D eigenvalue weighted by molar-refractivity contribution is -0.146. The number of nitrogens with zero attached hydrogens (tertiary/aromatic N) is 2. The molecular weight excluding hydrogens is 256 g/mol. The maximum absolute atomic E-state index is 12.6. The second-order valence-electron chi connectivity index (χ2n) is 6.43. The number of amides is 1. The molecule has 0 aromatic carbocycles. The molecule has 2 fully saturated rings. The van der Waals surface area contributed by atoms with E-state index < -0.39 is 5.97 Å². The molecule has 0 aromatic heterocycles. The first kappa shape index (κ1) is 15.3. The minimum absolute atomic E-state index is 0.0477. The maximum atomic E-state index is 12.6. The summed E-state index contributed by atoms with van der Waals surface area (Å²) in [6.07, 6.45) is 4.99. The van der Waals surface area contributed by atoms with Crippen molar-refractivity contribution in [2.24, 2.45) is 11.8 Å². The van der Waals surface area contributed by atoms with Gasteiger partial charge in [0, 0.05) is 25.0 Å². The van der Waals surface area contributed by atoms with Gasteiger partial charge in [-0.15, -0.1) is 0 Å². The second-order valence-corrected chi connectivity index (χ2v) is 6.43. The molecule has 1 unspecified atom stereocenters. The van der Waals surface area contributed by atoms with Crippen molar-refractivity contribution in [3.63, 3.8) is 0 Å². The Balaban J connectivity index is 1.87. The highest BCUT2D eigenvalue weighted by Crippen LogP contribution is 2.31. The third-order valence-corrected chi connectivity index (χ3v) is 4.86. The molecule has 2 aliphatic rings. The third-order valence-electron chi connectivity index (χ3n) is 4.86. The second kappa shape index (κ2) is 6.57. The van der Waals surface area contributed by atoms with Crippen LogP contribution in [0, 0.1) is 11.8 Å². The van der Waals surface area contributed by atoms with Crippen LogP contribution in [-0.4, -0.2) is 60.0 Å². The van der Waals surface area contributed by atoms with Crippen LogP contribution in [0.1, 0.15) is 38.5 Å². The van der Waals surface area contributed by atoms with Crippen LogP contribution in [0.5, 0.6) is 0 Å². The molecule has 5 heteroatoms. The third kappa shape index (κ3) is 3.51. The molecule has 0 aromatic rings. The molecule has 114 valence electrons. The molecule has 2 rings (SSSR count). The Labute approximate surface area is 120 Å². The van der Waals surface area contributed by atoms with Gasteiger partial charge in [-0.3, -0.25) is 9.59 Å². The Morgan fingerprint density at radius 3 is 2.20 bits per heavy atom. The van der Waals surface area contributed by atoms with Gasteiger partial charge in [0.2, 0.25) is 5.91 Å². The first-order valence-corrected chi connectivity index (χ1v) is 7.67. The fraction of sp³-hybridized carbons (Fsp3) is 0.867. The number of carbonyl (C=O) groups is 2. The predicted molar refractivity (Wildman–Crippen MR) is 76.4 cm³/mol. The molecular formula is C15H26N2O3. The van der Waals surface area contributed by atoms with E-state index >= 15 is 0 Å². The Morgan fingerprint density at radius 2 is 1.65 bits per heavy atom. The van der Waals surface area contributed by atoms with Gasteiger partial charge < -0.3 is 14.9 Å². The van der Waals surface area contributed by atoms with E-state index in [9.17, 15) is 9.59 Å². The van der Waals surface area contributed by atoms with E-state index in [4.69, 9.17) is 5.11 Å². The Bertz CT molecular complexity index is 362. The van der Waals surface area contributed by atoms with Gasteiger partial charge in [0.15, 0.2) is 0 Å². The van der Waals surface area contributed by atoms with E-state index in [-0.39, 0.29) is 17.7 Å². The van der Waals surface area contributed by atoms with E-state index in [0.29, 0.717) is 18.9 Å². The molecule has 1 amide bonds. The number of hydrogen-bond donors (Lipinski definition) is 1. The van der Waals surface area contributed by atoms with Gasteiger partial charge in [-0.25, -0.2) is 0 Å². The van der Waals surface area contributed by atoms with Crippen LogP contribution in [0.3, 0.4) is 0 Å². The van der Waals surface area contributed by atoms with Crippen LogP contribution in [0.2, 0.25) is 0 Å². The number of hydrogen-bond acceptors (Lipinski definition) is 3. The van der Waals surface area contributed by atoms with Crippen molar-refractivity contribution in [1.29, 1.82) is 0 Å². The topological polar surface area (TPSA) is 60.9 Å². The number of aliphatic carboxylic acids is 1. The van der Waals surface area contributed by atoms with E-state index in [2.05, 4.69) is 19.0 Å². The maximum Gasteiger partial charge on any atom is 0.306 e. The highest BCUT2D eigenvalue weighted by Gasteiger charge is 2.34. The SMILES string of the molecule is CN(C)C1CCCN(C(=O)C2CCC(C(=O)O)CC2)C1. The fourth-order valence-corrected chi connectivity index (χ4v) is 3.42. The number of likely N-dealkylation sites (tertiary alicyclic amines) is 1. The summed E-state index contributed by atoms with van der Waals surface area (Å²) in [5, 5.41) is 9.01. The minimum Gasteiger partial charge on any atom is -0.481 e. The average Bonchev–Trinajstić information content (AvgIpc) is 2.46. The number of piperidine rings is 1. The molecule has 20 heavy (non-hydrogen) atoms. The largest absolute Gasteiger partial charge is 0.481 e. The quantitative estimate of drug-likeness (QED) is 0.850. The molecule has 1 atom stereocenters. The monoisotopic (exact) mass is 282 g/mol. The van der Waals surface area contributed by atoms with Gasteiger partial charge in [-0.1, -0.05) is 0 Å². The molecule has 1 N–H and O–H groups in total. The molecule has 0 radical (unpaired) electrons. The van der Waals surface area contributed by atoms with Gasteiger partial charge in [0.25, 0.3) is 0 Å². The van der Waals surface area contributed by atoms with Crippen molar-refractivity contribution in [3.8, 4) is 0 Å². The molecule has 1 aliphatic heterocycles. The zero-order valence-corrected chi connectivity index (χ0v) is 12.5. The first-order valence-electron chi connectivity index (χ1n) is 7.67. The lowest BCUT2D eigenvalue weighted by Gasteiger charge is -2.38. The summed E-state index contributed by atoms with van der Waals surface area (Å²) in [5.41, 5.74) is 0. The highest BCUT2D eigenvalue weighted by atomic mass is 16.4. The van der Waals surface area contributed by atoms with Crippen LogP contribution in [0.4, 0.5) is 0 Å². The first-order chi connectivity index (χ1) is 9.49. The number of carboxylic acids is 1. The van der Waals surface area contributed by atoms with Crippen molar-refractivity contribution >= 4 is 11.9 Å². The zero-order valence-electron chi connectivity index (χ0n) is 12.5. The van der Waals surface area contributed by atoms with Crippen LogP contribution in [0.15, 0.2) is 0 Å². The predicted octanol–water partition coefficient (Wildman–Crippen LogP) is 1.43. The van der Waals surface area contributed by atoms with E-state index in [1.54, 1.807) is 0 Å². The summed E-state index contributed by atoms with van der Waals surface area (Å²) >= 11 is 0. The molecule has 0 spiro atoms. The molecule has 0 bridgehead atoms. The van der Waals surface area contributed by atoms with Gasteiger partial charge in [0.1, 0.15) is 0 Å². The van der Waals surface area contributed by atoms with E-state index in [1.807, 2.05) is 4.90 Å². The van der Waals surface area contributed by atoms with Crippen LogP contribution in [-0.2, 0) is 9.59 Å². The summed E-state index contributed by atoms with van der Waals surface area (Å²) < 4.78 is 0. The lowest BCUT2D eigenvalue weighted by Crippen LogP contribution is -2.49. The minimum atomic E-state index is -0.707. The Kier molecular flexibility index (Phi) is 5.02. The molecule has 1 saturated carbocycles. The standard InChI is InChI=1S/C15H26N2O3/c1-16(2)13-4-3-9-17(10-13)14(18)11-5-7-12(8-6-11)15(19)20/h11-13H,3-10H2,1-2H3,(H,19,20). The number of carbonyl (C=O) groups excluding carboxylic acids is 1. The number of likely N-dealkylation sites (N-methyl/N-ethyl adjacent to an activating group) is 1. The van der Waals surface area contributed by atoms with E-state index in [1.165, 1.54) is 0 Å². The Morgan fingerprint density at radius 1 is 1.05 bits per heavy atom. The fourth-order valence-electron chi connectivity index (χ4n) is 3.42. The lowest BCUT2D eigenvalue weighted by atomic mass is 9.81. The van der Waals surface area contributed by atoms with Crippen molar-refractivity contribution < 1.29 is 14.7 Å². The molecule has 1 heterocycles. The normalized spacial score (nSPS) is 31.4. The molecule has 1 saturated heterocycles. The van der Waals surface area contributed by atoms with Crippen molar-refractivity contribution in [3.05, 3.63) is 0 Å². The van der Waals surface area contributed by atoms with Gasteiger partial charge in [-0.05, 0) is 52.6 Å². The molecule has 1 aliphatic carbocycles. The van der Waals surface area contributed by atoms with Gasteiger partial charge in [-0.2, -0.15) is 0 Å². The van der Waals surface area contributed by atoms with Crippen LogP contribution in [0.25, 0.3) is 0 Å². The molecule has 5 nitrogen and oxygen atoms in total. The Hall–Kier alpha value is -1.10. The van der Waals surface area contributed by atoms with Crippen LogP contribution >= 0.6 is 0 Å². The summed E-state index contributed by atoms with van der Waals surface area (Å²) in [7, 11) is 4.13. The highest BCUT2D eigenvalue weighted by molar-refractivity contribution is 5.79. The number of carboxylic acid groups (broad SMARTS) is 1. The van der Waals surface area contributed by atoms with Crippen molar-refractivity contribution in [1.82, 2.24) is 9.80 Å². The van der Waals surface area contributed by atoms with Crippen molar-refractivity contribution in [2.45, 2.75) is 44.6 Å². The van der Waals surface area contributed by atoms with Crippen LogP contribution < -0.4 is 0 Å². The van der Waals surface area contributed by atoms with E-state index in [0.717, 1.165) is 38.8 Å². The smallest absolute Gasteiger partial charge is 0.306 e. The van der Waals surface area contributed by atoms with Gasteiger partial charge >= 0.3 is 5.97 Å². The van der Waals surface area contributed by atoms with Gasteiger partial charge in [0.05, 0.1) is 5.92 Å². The number of rotatable bonds is 3. The summed E-state index contributed by atoms with van der Waals surface area (Å²) in [5.74, 6) is -0.650.